The number of aromatic amines is 2. The number of aromatic nitrogens is 8. The van der Waals surface area contributed by atoms with Crippen LogP contribution < -0.4 is 77.4 Å². The van der Waals surface area contributed by atoms with Gasteiger partial charge < -0.3 is 103 Å². The van der Waals surface area contributed by atoms with Crippen molar-refractivity contribution in [2.45, 2.75) is 139 Å². The van der Waals surface area contributed by atoms with Crippen LogP contribution in [0.25, 0.3) is 21.8 Å². The molecule has 0 spiro atoms. The Labute approximate surface area is 846 Å². The van der Waals surface area contributed by atoms with E-state index in [9.17, 15) is 91.2 Å². The van der Waals surface area contributed by atoms with Gasteiger partial charge in [0.2, 0.25) is 41.4 Å². The molecule has 145 heavy (non-hydrogen) atoms. The number of benzene rings is 4. The third kappa shape index (κ3) is 39.9. The largest absolute Gasteiger partial charge is 0.494 e. The van der Waals surface area contributed by atoms with E-state index in [4.69, 9.17) is 20.0 Å². The molecule has 52 nitrogen and oxygen atoms in total. The van der Waals surface area contributed by atoms with Gasteiger partial charge in [0.05, 0.1) is 77.6 Å². The van der Waals surface area contributed by atoms with E-state index in [1.807, 2.05) is 21.2 Å². The fourth-order valence-corrected chi connectivity index (χ4v) is 18.7. The number of aryl methyl sites for hydroxylation is 6. The molecule has 4 aromatic carbocycles. The van der Waals surface area contributed by atoms with Gasteiger partial charge in [0.15, 0.2) is 11.9 Å². The lowest BCUT2D eigenvalue weighted by atomic mass is 10.1. The first-order valence-corrected chi connectivity index (χ1v) is 50.6. The number of carbonyl (C=O) groups excluding carboxylic acids is 9. The van der Waals surface area contributed by atoms with Crippen molar-refractivity contribution in [1.29, 1.82) is 0 Å². The summed E-state index contributed by atoms with van der Waals surface area (Å²) in [6, 6.07) is 8.80. The Morgan fingerprint density at radius 3 is 1.24 bits per heavy atom. The lowest BCUT2D eigenvalue weighted by Gasteiger charge is -2.33. The second-order valence-electron chi connectivity index (χ2n) is 33.4. The molecule has 1 saturated heterocycles. The summed E-state index contributed by atoms with van der Waals surface area (Å²) in [5.41, 5.74) is 4.06. The number of imidazole rings is 2. The number of nitrogens with one attached hydrogen (secondary N) is 15. The molecule has 7 atom stereocenters. The first-order chi connectivity index (χ1) is 69.7. The fourth-order valence-electron chi connectivity index (χ4n) is 15.2. The molecule has 56 heteroatoms. The van der Waals surface area contributed by atoms with Crippen molar-refractivity contribution in [3.8, 4) is 11.5 Å². The van der Waals surface area contributed by atoms with Gasteiger partial charge in [0.25, 0.3) is 11.8 Å². The van der Waals surface area contributed by atoms with Crippen molar-refractivity contribution >= 4 is 157 Å². The number of aliphatic carboxylic acids is 4. The highest BCUT2D eigenvalue weighted by Crippen LogP contribution is 2.28. The monoisotopic (exact) mass is 2100 g/mol. The summed E-state index contributed by atoms with van der Waals surface area (Å²) in [6.07, 6.45) is 10.7. The minimum absolute atomic E-state index is 0.0355. The van der Waals surface area contributed by atoms with Gasteiger partial charge in [-0.05, 0) is 149 Å². The molecule has 0 saturated carbocycles. The Bertz CT molecular complexity index is 5620. The van der Waals surface area contributed by atoms with Crippen LogP contribution >= 0.6 is 24.1 Å². The third-order valence-corrected chi connectivity index (χ3v) is 26.8. The van der Waals surface area contributed by atoms with Gasteiger partial charge >= 0.3 is 23.9 Å². The number of carboxylic acid groups (broad SMARTS) is 4. The van der Waals surface area contributed by atoms with Crippen LogP contribution in [0.4, 0.5) is 11.9 Å². The topological polar surface area (TPSA) is 695 Å². The maximum Gasteiger partial charge on any atom is 0.323 e. The molecule has 9 rings (SSSR count). The number of ether oxygens (including phenoxy) is 2. The van der Waals surface area contributed by atoms with Crippen LogP contribution in [0.2, 0.25) is 0 Å². The highest BCUT2D eigenvalue weighted by Gasteiger charge is 2.33. The van der Waals surface area contributed by atoms with Gasteiger partial charge in [0, 0.05) is 208 Å². The molecule has 0 aliphatic carbocycles. The summed E-state index contributed by atoms with van der Waals surface area (Å²) >= 11 is 0.778. The smallest absolute Gasteiger partial charge is 0.323 e. The molecule has 792 valence electrons. The molecular formula is C89H125N25O27S4. The van der Waals surface area contributed by atoms with Crippen molar-refractivity contribution in [2.75, 3.05) is 166 Å². The predicted octanol–water partition coefficient (Wildman–Crippen LogP) is 0.328. The number of nitrogens with zero attached hydrogens (tertiary/aromatic N) is 10. The summed E-state index contributed by atoms with van der Waals surface area (Å²) in [5, 5.41) is 105. The fraction of sp³-hybridized carbons (Fsp3) is 0.494. The number of likely N-dealkylation sites (N-methyl/N-ethyl adjacent to an activating group) is 1. The van der Waals surface area contributed by atoms with E-state index in [0.717, 1.165) is 23.9 Å². The number of amides is 9. The van der Waals surface area contributed by atoms with E-state index in [0.29, 0.717) is 133 Å². The van der Waals surface area contributed by atoms with E-state index in [2.05, 4.69) is 117 Å². The zero-order valence-corrected chi connectivity index (χ0v) is 83.8. The predicted molar refractivity (Wildman–Crippen MR) is 529 cm³/mol. The maximum atomic E-state index is 14.6. The first-order valence-electron chi connectivity index (χ1n) is 46.5. The number of carboxylic acids is 4. The highest BCUT2D eigenvalue weighted by molar-refractivity contribution is 7.94. The molecule has 8 aromatic rings. The van der Waals surface area contributed by atoms with Gasteiger partial charge in [-0.25, -0.2) is 38.3 Å². The molecule has 9 amide bonds. The Morgan fingerprint density at radius 1 is 0.448 bits per heavy atom. The van der Waals surface area contributed by atoms with Crippen LogP contribution in [0, 0.1) is 27.7 Å². The zero-order valence-electron chi connectivity index (χ0n) is 80.5. The summed E-state index contributed by atoms with van der Waals surface area (Å²) in [6.45, 7) is 10.9. The second kappa shape index (κ2) is 61.4. The summed E-state index contributed by atoms with van der Waals surface area (Å²) in [7, 11) is -4.16. The molecule has 2 unspecified atom stereocenters. The quantitative estimate of drug-likeness (QED) is 0.0106. The third-order valence-electron chi connectivity index (χ3n) is 22.6. The Morgan fingerprint density at radius 2 is 0.848 bits per heavy atom. The van der Waals surface area contributed by atoms with Crippen LogP contribution in [0.15, 0.2) is 108 Å². The van der Waals surface area contributed by atoms with Crippen molar-refractivity contribution in [3.05, 3.63) is 131 Å². The van der Waals surface area contributed by atoms with Gasteiger partial charge in [-0.15, -0.1) is 8.67 Å². The number of rotatable bonds is 64. The maximum absolute atomic E-state index is 14.6. The van der Waals surface area contributed by atoms with Gasteiger partial charge in [-0.3, -0.25) is 86.4 Å². The van der Waals surface area contributed by atoms with E-state index in [1.54, 1.807) is 140 Å². The van der Waals surface area contributed by atoms with Crippen molar-refractivity contribution in [2.24, 2.45) is 0 Å². The van der Waals surface area contributed by atoms with Crippen LogP contribution in [0.1, 0.15) is 101 Å². The SMILES string of the molecule is CCN1CCN(CC(=O)O)CCN(CC(=O)O)CCN(CC(=O)N[C@@H](CCC(=O)N[C@@H](CSOOO)C(=O)NCCNC(=O)CCCOc2cc(C)c(S(=O)N[C@@H](CNC(=O)c3ccc4c(cnn4CCCNc4ncc[nH]4)c3)C(=O)O)c(C)c2)C(=O)N[C@@H](CSOOO)C(=O)NCCNC(=O)CCCOc2cc(C)c(S(=O)N[C@@H](CNC(=O)c3ccc4c(cnn4CCCNc4ncc[nH]4)c3)C(=O)O)c(C)c2)CC1. The van der Waals surface area contributed by atoms with Crippen molar-refractivity contribution < 1.29 is 130 Å². The number of fused-ring (bicyclic) bond motifs is 2. The summed E-state index contributed by atoms with van der Waals surface area (Å²) in [5.74, 6) is -10.1. The average molecular weight is 2110 g/mol. The van der Waals surface area contributed by atoms with Gasteiger partial charge in [-0.2, -0.15) is 10.2 Å². The second-order valence-corrected chi connectivity index (χ2v) is 37.2. The normalized spacial score (nSPS) is 14.4. The van der Waals surface area contributed by atoms with Crippen molar-refractivity contribution in [3.63, 3.8) is 0 Å². The standard InChI is InChI=1S/C89H125N25O27S4/c1-6-109-31-33-110(35-36-112(53-78(121)122)38-37-111(34-32-109)52-77(119)120)51-76(118)104-66(85(127)106-70(55-143-141-139-133)84(126)93-24-22-91-74(116)12-8-40-137-65-43-58(4)80(59(5)44-65)145(135)108-68(87(130)131)50-101-82(124)61-14-17-72-63(46-61)48-103-114(72)30-10-20-95-89-98-27-28-99-89)15-18-75(117)105-69(54-142-140-138-132)83(125)92-23-21-90-73(115)11-7-39-136-64-41-56(2)79(57(3)42-64)144(134)107-67(86(128)129)49-100-81(123)60-13-16-71-62(45-60)47-102-113(71)29-9-19-94-88-96-25-26-97-88/h13-14,16-17,25-28,41-48,66-70,107-108,132-133H,6-12,15,18-24,29-40,49-55H2,1-5H3,(H,90,115)(H,91,116)(H,92,125)(H,93,126)(H,100,123)(H,101,124)(H,104,118)(H,105,117)(H,106,127)(H,119,120)(H,121,122)(H,128,129)(H,130,131)(H2,94,96,97)(H2,95,98,99)/t66-,67-,68-,69-,70-,144?,145?/m0/s1. The van der Waals surface area contributed by atoms with E-state index >= 15 is 0 Å². The molecule has 1 aliphatic heterocycles. The molecule has 1 aliphatic rings. The van der Waals surface area contributed by atoms with E-state index in [1.165, 1.54) is 0 Å². The number of anilines is 2. The van der Waals surface area contributed by atoms with Crippen LogP contribution in [-0.4, -0.2) is 361 Å². The summed E-state index contributed by atoms with van der Waals surface area (Å²) in [4.78, 5) is 194. The minimum atomic E-state index is -2.08. The number of carbonyl (C=O) groups is 13. The number of hydrogen-bond acceptors (Lipinski definition) is 35. The Kier molecular flexibility index (Phi) is 49.0. The van der Waals surface area contributed by atoms with Crippen LogP contribution in [0.5, 0.6) is 11.5 Å². The minimum Gasteiger partial charge on any atom is -0.494 e. The molecule has 4 aromatic heterocycles. The van der Waals surface area contributed by atoms with Crippen molar-refractivity contribution in [1.82, 2.24) is 116 Å². The van der Waals surface area contributed by atoms with E-state index < -0.39 is 180 Å². The average Bonchev–Trinajstić information content (AvgIpc) is 1.61. The molecule has 5 heterocycles. The van der Waals surface area contributed by atoms with Gasteiger partial charge in [0.1, 0.15) is 63.7 Å². The molecular weight excluding hydrogens is 1980 g/mol. The first kappa shape index (κ1) is 116. The van der Waals surface area contributed by atoms with Crippen LogP contribution in [-0.2, 0) is 107 Å². The lowest BCUT2D eigenvalue weighted by Crippen LogP contribution is -2.56. The highest BCUT2D eigenvalue weighted by atomic mass is 32.2. The molecule has 1 fully saturated rings. The Balaban J connectivity index is 0.734. The van der Waals surface area contributed by atoms with E-state index in [-0.39, 0.29) is 125 Å². The number of H-pyrrole nitrogens is 2. The Hall–Kier alpha value is -12.9. The lowest BCUT2D eigenvalue weighted by molar-refractivity contribution is -0.432. The van der Waals surface area contributed by atoms with Gasteiger partial charge in [-0.1, -0.05) is 17.0 Å². The van der Waals surface area contributed by atoms with Crippen LogP contribution in [0.3, 0.4) is 0 Å². The molecule has 0 bridgehead atoms. The molecule has 21 N–H and O–H groups in total. The number of hydrogen-bond donors (Lipinski definition) is 21. The summed E-state index contributed by atoms with van der Waals surface area (Å²) < 4.78 is 57.3. The zero-order chi connectivity index (χ0) is 105. The molecule has 0 radical (unpaired) electrons.